The number of amides is 1. The molecule has 30 heavy (non-hydrogen) atoms. The van der Waals surface area contributed by atoms with Gasteiger partial charge in [0.15, 0.2) is 0 Å². The van der Waals surface area contributed by atoms with Crippen LogP contribution in [0.2, 0.25) is 0 Å². The maximum atomic E-state index is 12.9. The molecule has 0 aliphatic carbocycles. The van der Waals surface area contributed by atoms with Crippen LogP contribution in [0.5, 0.6) is 0 Å². The van der Waals surface area contributed by atoms with Gasteiger partial charge in [-0.2, -0.15) is 0 Å². The van der Waals surface area contributed by atoms with Gasteiger partial charge in [-0.25, -0.2) is 18.1 Å². The van der Waals surface area contributed by atoms with Gasteiger partial charge in [-0.1, -0.05) is 12.1 Å². The standard InChI is InChI=1S/C22H25N3O3S2/c1-15(2)24-30(27,28)18-9-7-17(8-10-18)22(26)25-13-11-16(12-14-25)21-23-19-5-3-4-6-20(19)29-21/h3-10,15-16,24H,11-14H2,1-2H3. The largest absolute Gasteiger partial charge is 0.339 e. The van der Waals surface area contributed by atoms with Crippen LogP contribution in [-0.4, -0.2) is 43.3 Å². The third-order valence-electron chi connectivity index (χ3n) is 5.24. The van der Waals surface area contributed by atoms with Crippen LogP contribution in [0, 0.1) is 0 Å². The SMILES string of the molecule is CC(C)NS(=O)(=O)c1ccc(C(=O)N2CCC(c3nc4ccccc4s3)CC2)cc1. The van der Waals surface area contributed by atoms with Crippen molar-refractivity contribution in [2.45, 2.75) is 43.5 Å². The Morgan fingerprint density at radius 1 is 1.10 bits per heavy atom. The van der Waals surface area contributed by atoms with E-state index in [0.29, 0.717) is 24.6 Å². The van der Waals surface area contributed by atoms with E-state index in [1.54, 1.807) is 37.3 Å². The highest BCUT2D eigenvalue weighted by Crippen LogP contribution is 2.34. The molecule has 4 rings (SSSR count). The fourth-order valence-electron chi connectivity index (χ4n) is 3.73. The van der Waals surface area contributed by atoms with Crippen molar-refractivity contribution < 1.29 is 13.2 Å². The zero-order valence-electron chi connectivity index (χ0n) is 17.0. The summed E-state index contributed by atoms with van der Waals surface area (Å²) in [5.74, 6) is 0.319. The van der Waals surface area contributed by atoms with E-state index < -0.39 is 10.0 Å². The number of para-hydroxylation sites is 1. The van der Waals surface area contributed by atoms with E-state index in [1.807, 2.05) is 23.1 Å². The van der Waals surface area contributed by atoms with Crippen LogP contribution in [0.25, 0.3) is 10.2 Å². The summed E-state index contributed by atoms with van der Waals surface area (Å²) in [6.45, 7) is 4.89. The minimum Gasteiger partial charge on any atom is -0.339 e. The van der Waals surface area contributed by atoms with Crippen LogP contribution in [0.1, 0.15) is 48.0 Å². The Morgan fingerprint density at radius 2 is 1.77 bits per heavy atom. The van der Waals surface area contributed by atoms with Gasteiger partial charge < -0.3 is 4.90 Å². The van der Waals surface area contributed by atoms with Gasteiger partial charge in [0.2, 0.25) is 10.0 Å². The third-order valence-corrected chi connectivity index (χ3v) is 8.12. The van der Waals surface area contributed by atoms with Gasteiger partial charge in [0, 0.05) is 30.6 Å². The number of carbonyl (C=O) groups is 1. The summed E-state index contributed by atoms with van der Waals surface area (Å²) in [6.07, 6.45) is 1.77. The number of thiazole rings is 1. The Labute approximate surface area is 181 Å². The Bertz CT molecular complexity index is 1110. The van der Waals surface area contributed by atoms with Gasteiger partial charge >= 0.3 is 0 Å². The highest BCUT2D eigenvalue weighted by atomic mass is 32.2. The predicted octanol–water partition coefficient (Wildman–Crippen LogP) is 4.00. The van der Waals surface area contributed by atoms with Gasteiger partial charge in [0.1, 0.15) is 0 Å². The molecule has 3 aromatic rings. The number of hydrogen-bond donors (Lipinski definition) is 1. The molecule has 0 unspecified atom stereocenters. The average Bonchev–Trinajstić information content (AvgIpc) is 3.17. The zero-order valence-corrected chi connectivity index (χ0v) is 18.7. The molecule has 1 aliphatic heterocycles. The average molecular weight is 444 g/mol. The Kier molecular flexibility index (Phi) is 5.90. The fraction of sp³-hybridized carbons (Fsp3) is 0.364. The molecule has 1 saturated heterocycles. The summed E-state index contributed by atoms with van der Waals surface area (Å²) in [5.41, 5.74) is 1.55. The topological polar surface area (TPSA) is 79.4 Å². The van der Waals surface area contributed by atoms with E-state index >= 15 is 0 Å². The lowest BCUT2D eigenvalue weighted by Gasteiger charge is -2.31. The number of fused-ring (bicyclic) bond motifs is 1. The Morgan fingerprint density at radius 3 is 2.40 bits per heavy atom. The monoisotopic (exact) mass is 443 g/mol. The number of sulfonamides is 1. The lowest BCUT2D eigenvalue weighted by atomic mass is 9.97. The van der Waals surface area contributed by atoms with E-state index in [0.717, 1.165) is 23.4 Å². The number of nitrogens with one attached hydrogen (secondary N) is 1. The third kappa shape index (κ3) is 4.40. The highest BCUT2D eigenvalue weighted by Gasteiger charge is 2.27. The molecule has 0 spiro atoms. The van der Waals surface area contributed by atoms with Crippen molar-refractivity contribution in [1.82, 2.24) is 14.6 Å². The molecule has 6 nitrogen and oxygen atoms in total. The maximum absolute atomic E-state index is 12.9. The van der Waals surface area contributed by atoms with Crippen LogP contribution in [-0.2, 0) is 10.0 Å². The number of benzene rings is 2. The summed E-state index contributed by atoms with van der Waals surface area (Å²) >= 11 is 1.74. The van der Waals surface area contributed by atoms with E-state index in [2.05, 4.69) is 10.8 Å². The van der Waals surface area contributed by atoms with Gasteiger partial charge in [0.05, 0.1) is 20.1 Å². The van der Waals surface area contributed by atoms with Crippen molar-refractivity contribution >= 4 is 37.5 Å². The maximum Gasteiger partial charge on any atom is 0.253 e. The molecule has 1 amide bonds. The van der Waals surface area contributed by atoms with Crippen LogP contribution >= 0.6 is 11.3 Å². The van der Waals surface area contributed by atoms with E-state index in [9.17, 15) is 13.2 Å². The van der Waals surface area contributed by atoms with Crippen molar-refractivity contribution in [3.63, 3.8) is 0 Å². The Balaban J connectivity index is 1.40. The molecule has 0 saturated carbocycles. The molecule has 2 heterocycles. The van der Waals surface area contributed by atoms with E-state index in [-0.39, 0.29) is 16.8 Å². The zero-order chi connectivity index (χ0) is 21.3. The molecule has 158 valence electrons. The molecule has 1 fully saturated rings. The molecule has 2 aromatic carbocycles. The summed E-state index contributed by atoms with van der Waals surface area (Å²) < 4.78 is 28.3. The van der Waals surface area contributed by atoms with Crippen molar-refractivity contribution in [2.75, 3.05) is 13.1 Å². The van der Waals surface area contributed by atoms with Gasteiger partial charge in [-0.15, -0.1) is 11.3 Å². The molecule has 8 heteroatoms. The first kappa shape index (κ1) is 21.0. The minimum absolute atomic E-state index is 0.0569. The molecule has 1 aliphatic rings. The second kappa shape index (κ2) is 8.45. The quantitative estimate of drug-likeness (QED) is 0.646. The normalized spacial score (nSPS) is 15.8. The number of piperidine rings is 1. The molecule has 0 radical (unpaired) electrons. The second-order valence-electron chi connectivity index (χ2n) is 7.89. The van der Waals surface area contributed by atoms with Crippen molar-refractivity contribution in [3.05, 3.63) is 59.1 Å². The van der Waals surface area contributed by atoms with Gasteiger partial charge in [-0.05, 0) is 63.1 Å². The van der Waals surface area contributed by atoms with Crippen LogP contribution in [0.3, 0.4) is 0 Å². The molecule has 1 aromatic heterocycles. The van der Waals surface area contributed by atoms with Crippen molar-refractivity contribution in [1.29, 1.82) is 0 Å². The predicted molar refractivity (Wildman–Crippen MR) is 119 cm³/mol. The molecular formula is C22H25N3O3S2. The van der Waals surface area contributed by atoms with Gasteiger partial charge in [0.25, 0.3) is 5.91 Å². The van der Waals surface area contributed by atoms with E-state index in [1.165, 1.54) is 16.8 Å². The Hall–Kier alpha value is -2.29. The first-order chi connectivity index (χ1) is 14.3. The first-order valence-electron chi connectivity index (χ1n) is 10.1. The molecule has 1 N–H and O–H groups in total. The lowest BCUT2D eigenvalue weighted by Crippen LogP contribution is -2.38. The first-order valence-corrected chi connectivity index (χ1v) is 12.4. The summed E-state index contributed by atoms with van der Waals surface area (Å²) in [4.78, 5) is 19.7. The number of carbonyl (C=O) groups excluding carboxylic acids is 1. The second-order valence-corrected chi connectivity index (χ2v) is 10.7. The van der Waals surface area contributed by atoms with Gasteiger partial charge in [-0.3, -0.25) is 4.79 Å². The highest BCUT2D eigenvalue weighted by molar-refractivity contribution is 7.89. The summed E-state index contributed by atoms with van der Waals surface area (Å²) in [7, 11) is -3.56. The smallest absolute Gasteiger partial charge is 0.253 e. The fourth-order valence-corrected chi connectivity index (χ4v) is 6.12. The van der Waals surface area contributed by atoms with Crippen LogP contribution in [0.4, 0.5) is 0 Å². The number of nitrogens with zero attached hydrogens (tertiary/aromatic N) is 2. The molecule has 0 atom stereocenters. The lowest BCUT2D eigenvalue weighted by molar-refractivity contribution is 0.0713. The number of aromatic nitrogens is 1. The number of hydrogen-bond acceptors (Lipinski definition) is 5. The summed E-state index contributed by atoms with van der Waals surface area (Å²) in [6, 6.07) is 14.1. The van der Waals surface area contributed by atoms with Crippen molar-refractivity contribution in [3.8, 4) is 0 Å². The minimum atomic E-state index is -3.56. The molecule has 0 bridgehead atoms. The molecular weight excluding hydrogens is 418 g/mol. The van der Waals surface area contributed by atoms with Crippen LogP contribution in [0.15, 0.2) is 53.4 Å². The summed E-state index contributed by atoms with van der Waals surface area (Å²) in [5, 5.41) is 1.15. The van der Waals surface area contributed by atoms with Crippen molar-refractivity contribution in [2.24, 2.45) is 0 Å². The number of likely N-dealkylation sites (tertiary alicyclic amines) is 1. The number of rotatable bonds is 5. The van der Waals surface area contributed by atoms with E-state index in [4.69, 9.17) is 4.98 Å². The van der Waals surface area contributed by atoms with Crippen LogP contribution < -0.4 is 4.72 Å².